The number of nitrogens with zero attached hydrogens (tertiary/aromatic N) is 5. The van der Waals surface area contributed by atoms with Crippen LogP contribution in [0.1, 0.15) is 35.8 Å². The lowest BCUT2D eigenvalue weighted by Gasteiger charge is -2.31. The monoisotopic (exact) mass is 385 g/mol. The van der Waals surface area contributed by atoms with Crippen molar-refractivity contribution < 1.29 is 4.52 Å². The molecule has 0 aromatic carbocycles. The van der Waals surface area contributed by atoms with Gasteiger partial charge in [0.05, 0.1) is 6.20 Å². The molecule has 6 nitrogen and oxygen atoms in total. The molecular weight excluding hydrogens is 362 g/mol. The average Bonchev–Trinajstić information content (AvgIpc) is 3.18. The van der Waals surface area contributed by atoms with Crippen LogP contribution in [-0.2, 0) is 6.54 Å². The van der Waals surface area contributed by atoms with Crippen LogP contribution < -0.4 is 0 Å². The van der Waals surface area contributed by atoms with Gasteiger partial charge in [-0.05, 0) is 68.8 Å². The Bertz CT molecular complexity index is 1120. The van der Waals surface area contributed by atoms with E-state index < -0.39 is 0 Å². The first kappa shape index (κ1) is 17.9. The summed E-state index contributed by atoms with van der Waals surface area (Å²) in [6.07, 6.45) is 9.56. The molecule has 146 valence electrons. The Morgan fingerprint density at radius 1 is 1.03 bits per heavy atom. The van der Waals surface area contributed by atoms with Gasteiger partial charge >= 0.3 is 0 Å². The van der Waals surface area contributed by atoms with Crippen LogP contribution in [0, 0.1) is 6.92 Å². The number of aryl methyl sites for hydroxylation is 1. The van der Waals surface area contributed by atoms with Crippen LogP contribution in [0.3, 0.4) is 0 Å². The Morgan fingerprint density at radius 2 is 1.86 bits per heavy atom. The summed E-state index contributed by atoms with van der Waals surface area (Å²) >= 11 is 0. The summed E-state index contributed by atoms with van der Waals surface area (Å²) in [5.74, 6) is 1.40. The van der Waals surface area contributed by atoms with E-state index in [0.717, 1.165) is 66.1 Å². The van der Waals surface area contributed by atoms with Crippen molar-refractivity contribution >= 4 is 11.0 Å². The summed E-state index contributed by atoms with van der Waals surface area (Å²) in [7, 11) is 0. The third-order valence-corrected chi connectivity index (χ3v) is 5.83. The smallest absolute Gasteiger partial charge is 0.159 e. The molecular formula is C23H23N5O. The molecule has 1 aliphatic heterocycles. The maximum absolute atomic E-state index is 5.18. The molecule has 5 rings (SSSR count). The van der Waals surface area contributed by atoms with Crippen molar-refractivity contribution in [1.82, 2.24) is 25.0 Å². The van der Waals surface area contributed by atoms with Crippen LogP contribution in [0.5, 0.6) is 0 Å². The molecule has 4 aromatic rings. The number of fused-ring (bicyclic) bond motifs is 1. The van der Waals surface area contributed by atoms with Gasteiger partial charge in [0.25, 0.3) is 0 Å². The highest BCUT2D eigenvalue weighted by atomic mass is 16.5. The van der Waals surface area contributed by atoms with Crippen molar-refractivity contribution in [2.45, 2.75) is 32.2 Å². The van der Waals surface area contributed by atoms with E-state index in [2.05, 4.69) is 38.2 Å². The van der Waals surface area contributed by atoms with Gasteiger partial charge in [-0.25, -0.2) is 9.97 Å². The van der Waals surface area contributed by atoms with Crippen molar-refractivity contribution in [2.24, 2.45) is 0 Å². The fourth-order valence-electron chi connectivity index (χ4n) is 4.05. The van der Waals surface area contributed by atoms with E-state index in [1.807, 2.05) is 31.5 Å². The van der Waals surface area contributed by atoms with Crippen LogP contribution in [0.4, 0.5) is 0 Å². The Kier molecular flexibility index (Phi) is 4.77. The van der Waals surface area contributed by atoms with Crippen molar-refractivity contribution in [1.29, 1.82) is 0 Å². The minimum Gasteiger partial charge on any atom is -0.361 e. The molecule has 0 N–H and O–H groups in total. The van der Waals surface area contributed by atoms with Gasteiger partial charge in [-0.1, -0.05) is 5.16 Å². The molecule has 6 heteroatoms. The highest BCUT2D eigenvalue weighted by molar-refractivity contribution is 5.80. The highest BCUT2D eigenvalue weighted by Crippen LogP contribution is 2.29. The van der Waals surface area contributed by atoms with Crippen LogP contribution in [-0.4, -0.2) is 38.1 Å². The molecule has 4 aromatic heterocycles. The zero-order valence-corrected chi connectivity index (χ0v) is 16.5. The lowest BCUT2D eigenvalue weighted by Crippen LogP contribution is -2.32. The Hall–Kier alpha value is -3.12. The van der Waals surface area contributed by atoms with E-state index >= 15 is 0 Å². The van der Waals surface area contributed by atoms with Crippen molar-refractivity contribution in [3.05, 3.63) is 72.1 Å². The van der Waals surface area contributed by atoms with Gasteiger partial charge in [0, 0.05) is 53.3 Å². The summed E-state index contributed by atoms with van der Waals surface area (Å²) in [6, 6.07) is 10.5. The Labute approximate surface area is 169 Å². The van der Waals surface area contributed by atoms with Crippen LogP contribution in [0.25, 0.3) is 22.2 Å². The van der Waals surface area contributed by atoms with E-state index in [9.17, 15) is 0 Å². The topological polar surface area (TPSA) is 67.9 Å². The molecule has 29 heavy (non-hydrogen) atoms. The molecule has 0 radical (unpaired) electrons. The first-order chi connectivity index (χ1) is 14.3. The molecule has 1 aliphatic rings. The summed E-state index contributed by atoms with van der Waals surface area (Å²) in [6.45, 7) is 5.00. The number of pyridine rings is 3. The van der Waals surface area contributed by atoms with Crippen molar-refractivity contribution in [3.63, 3.8) is 0 Å². The van der Waals surface area contributed by atoms with Gasteiger partial charge < -0.3 is 4.52 Å². The predicted molar refractivity (Wildman–Crippen MR) is 111 cm³/mol. The van der Waals surface area contributed by atoms with Crippen LogP contribution in [0.2, 0.25) is 0 Å². The average molecular weight is 385 g/mol. The van der Waals surface area contributed by atoms with Gasteiger partial charge in [-0.15, -0.1) is 0 Å². The van der Waals surface area contributed by atoms with E-state index in [1.165, 1.54) is 5.56 Å². The number of aromatic nitrogens is 4. The number of likely N-dealkylation sites (tertiary alicyclic amines) is 1. The third-order valence-electron chi connectivity index (χ3n) is 5.83. The molecule has 1 fully saturated rings. The normalized spacial score (nSPS) is 15.8. The first-order valence-electron chi connectivity index (χ1n) is 10.1. The van der Waals surface area contributed by atoms with E-state index in [4.69, 9.17) is 9.51 Å². The van der Waals surface area contributed by atoms with Gasteiger partial charge in [0.15, 0.2) is 5.65 Å². The van der Waals surface area contributed by atoms with Gasteiger partial charge in [-0.2, -0.15) is 0 Å². The summed E-state index contributed by atoms with van der Waals surface area (Å²) < 4.78 is 5.18. The fourth-order valence-corrected chi connectivity index (χ4v) is 4.05. The Morgan fingerprint density at radius 3 is 2.62 bits per heavy atom. The highest BCUT2D eigenvalue weighted by Gasteiger charge is 2.23. The number of piperidine rings is 1. The Balaban J connectivity index is 1.29. The fraction of sp³-hybridized carbons (Fsp3) is 0.304. The lowest BCUT2D eigenvalue weighted by molar-refractivity contribution is 0.202. The lowest BCUT2D eigenvalue weighted by atomic mass is 9.92. The van der Waals surface area contributed by atoms with Gasteiger partial charge in [0.1, 0.15) is 5.76 Å². The second kappa shape index (κ2) is 7.72. The maximum Gasteiger partial charge on any atom is 0.159 e. The van der Waals surface area contributed by atoms with Crippen LogP contribution >= 0.6 is 0 Å². The largest absolute Gasteiger partial charge is 0.361 e. The molecule has 0 aliphatic carbocycles. The molecule has 0 spiro atoms. The molecule has 5 heterocycles. The maximum atomic E-state index is 5.18. The van der Waals surface area contributed by atoms with E-state index in [1.54, 1.807) is 12.4 Å². The SMILES string of the molecule is Cc1oncc1CN1CCC(c2ccc3cc(-c4ccncc4)cnc3n2)CC1. The molecule has 0 bridgehead atoms. The zero-order valence-electron chi connectivity index (χ0n) is 16.5. The quantitative estimate of drug-likeness (QED) is 0.520. The van der Waals surface area contributed by atoms with Crippen molar-refractivity contribution in [2.75, 3.05) is 13.1 Å². The second-order valence-corrected chi connectivity index (χ2v) is 7.70. The van der Waals surface area contributed by atoms with E-state index in [0.29, 0.717) is 5.92 Å². The molecule has 0 unspecified atom stereocenters. The van der Waals surface area contributed by atoms with E-state index in [-0.39, 0.29) is 0 Å². The standard InChI is InChI=1S/C23H23N5O/c1-16-21(14-26-29-16)15-28-10-6-18(7-11-28)22-3-2-19-12-20(13-25-23(19)27-22)17-4-8-24-9-5-17/h2-5,8-9,12-14,18H,6-7,10-11,15H2,1H3. The number of rotatable bonds is 4. The predicted octanol–water partition coefficient (Wildman–Crippen LogP) is 4.37. The number of hydrogen-bond donors (Lipinski definition) is 0. The van der Waals surface area contributed by atoms with Gasteiger partial charge in [0.2, 0.25) is 0 Å². The zero-order chi connectivity index (χ0) is 19.6. The van der Waals surface area contributed by atoms with Gasteiger partial charge in [-0.3, -0.25) is 9.88 Å². The molecule has 0 amide bonds. The van der Waals surface area contributed by atoms with Crippen molar-refractivity contribution in [3.8, 4) is 11.1 Å². The molecule has 0 atom stereocenters. The minimum absolute atomic E-state index is 0.487. The minimum atomic E-state index is 0.487. The summed E-state index contributed by atoms with van der Waals surface area (Å²) in [5, 5.41) is 4.96. The second-order valence-electron chi connectivity index (χ2n) is 7.70. The van der Waals surface area contributed by atoms with Crippen LogP contribution in [0.15, 0.2) is 59.6 Å². The summed E-state index contributed by atoms with van der Waals surface area (Å²) in [5.41, 5.74) is 5.37. The summed E-state index contributed by atoms with van der Waals surface area (Å²) in [4.78, 5) is 16.1. The molecule has 0 saturated carbocycles. The molecule has 1 saturated heterocycles. The number of hydrogen-bond acceptors (Lipinski definition) is 6. The third kappa shape index (κ3) is 3.76. The first-order valence-corrected chi connectivity index (χ1v) is 10.1.